The number of carbonyl (C=O) groups excluding carboxylic acids is 1. The van der Waals surface area contributed by atoms with Crippen molar-refractivity contribution in [3.8, 4) is 11.8 Å². The molecule has 1 rings (SSSR count). The van der Waals surface area contributed by atoms with Gasteiger partial charge in [-0.15, -0.1) is 0 Å². The number of benzene rings is 1. The minimum atomic E-state index is -0.954. The summed E-state index contributed by atoms with van der Waals surface area (Å²) in [4.78, 5) is 22.3. The average Bonchev–Trinajstić information content (AvgIpc) is 2.51. The lowest BCUT2D eigenvalue weighted by atomic mass is 10.1. The van der Waals surface area contributed by atoms with E-state index in [0.29, 0.717) is 17.9 Å². The van der Waals surface area contributed by atoms with Gasteiger partial charge in [-0.25, -0.2) is 0 Å². The molecular formula is C16H18N2O4. The molecule has 116 valence electrons. The van der Waals surface area contributed by atoms with Crippen LogP contribution in [0.5, 0.6) is 5.75 Å². The fourth-order valence-corrected chi connectivity index (χ4v) is 1.62. The number of hydrogen-bond acceptors (Lipinski definition) is 4. The monoisotopic (exact) mass is 302 g/mol. The largest absolute Gasteiger partial charge is 0.492 e. The first-order chi connectivity index (χ1) is 10.6. The summed E-state index contributed by atoms with van der Waals surface area (Å²) >= 11 is 0. The lowest BCUT2D eigenvalue weighted by molar-refractivity contribution is -0.137. The molecule has 0 aromatic heterocycles. The highest BCUT2D eigenvalue weighted by molar-refractivity contribution is 6.01. The van der Waals surface area contributed by atoms with E-state index in [1.807, 2.05) is 13.0 Å². The maximum Gasteiger partial charge on any atom is 0.306 e. The summed E-state index contributed by atoms with van der Waals surface area (Å²) in [6, 6.07) is 8.69. The fraction of sp³-hybridized carbons (Fsp3) is 0.312. The highest BCUT2D eigenvalue weighted by Gasteiger charge is 2.10. The lowest BCUT2D eigenvalue weighted by Gasteiger charge is -2.08. The highest BCUT2D eigenvalue weighted by Crippen LogP contribution is 2.21. The number of rotatable bonds is 8. The second kappa shape index (κ2) is 9.19. The topological polar surface area (TPSA) is 99.4 Å². The van der Waals surface area contributed by atoms with E-state index in [-0.39, 0.29) is 18.6 Å². The van der Waals surface area contributed by atoms with E-state index < -0.39 is 11.9 Å². The van der Waals surface area contributed by atoms with Gasteiger partial charge in [0.05, 0.1) is 13.0 Å². The van der Waals surface area contributed by atoms with Crippen LogP contribution >= 0.6 is 0 Å². The van der Waals surface area contributed by atoms with Gasteiger partial charge in [-0.3, -0.25) is 9.59 Å². The molecule has 0 bridgehead atoms. The number of aliphatic carboxylic acids is 1. The predicted octanol–water partition coefficient (Wildman–Crippen LogP) is 1.97. The first kappa shape index (κ1) is 17.2. The van der Waals surface area contributed by atoms with E-state index in [4.69, 9.17) is 15.1 Å². The number of ether oxygens (including phenoxy) is 1. The van der Waals surface area contributed by atoms with Crippen LogP contribution in [0.1, 0.15) is 25.3 Å². The maximum atomic E-state index is 11.8. The zero-order chi connectivity index (χ0) is 16.4. The van der Waals surface area contributed by atoms with E-state index in [2.05, 4.69) is 5.32 Å². The summed E-state index contributed by atoms with van der Waals surface area (Å²) in [5.74, 6) is -0.964. The van der Waals surface area contributed by atoms with Crippen LogP contribution in [0.4, 0.5) is 0 Å². The summed E-state index contributed by atoms with van der Waals surface area (Å²) in [5.41, 5.74) is 0.527. The summed E-state index contributed by atoms with van der Waals surface area (Å²) in [6.07, 6.45) is 2.08. The normalized spacial score (nSPS) is 10.6. The van der Waals surface area contributed by atoms with Crippen molar-refractivity contribution in [1.29, 1.82) is 5.26 Å². The number of nitriles is 1. The third-order valence-corrected chi connectivity index (χ3v) is 2.69. The molecule has 0 aliphatic rings. The van der Waals surface area contributed by atoms with Crippen LogP contribution in [0.3, 0.4) is 0 Å². The predicted molar refractivity (Wildman–Crippen MR) is 81.1 cm³/mol. The molecule has 2 N–H and O–H groups in total. The van der Waals surface area contributed by atoms with E-state index in [0.717, 1.165) is 6.42 Å². The van der Waals surface area contributed by atoms with E-state index >= 15 is 0 Å². The average molecular weight is 302 g/mol. The molecule has 0 radical (unpaired) electrons. The van der Waals surface area contributed by atoms with E-state index in [9.17, 15) is 9.59 Å². The van der Waals surface area contributed by atoms with E-state index in [1.54, 1.807) is 24.3 Å². The van der Waals surface area contributed by atoms with Gasteiger partial charge in [0.1, 0.15) is 17.4 Å². The molecule has 1 amide bonds. The molecule has 0 aliphatic heterocycles. The SMILES string of the molecule is CCCNC(=O)C(C#N)=Cc1ccccc1OCCC(=O)O. The molecule has 6 heteroatoms. The van der Waals surface area contributed by atoms with Crippen LogP contribution in [-0.2, 0) is 9.59 Å². The Morgan fingerprint density at radius 3 is 2.77 bits per heavy atom. The molecule has 22 heavy (non-hydrogen) atoms. The van der Waals surface area contributed by atoms with E-state index in [1.165, 1.54) is 6.08 Å². The quantitative estimate of drug-likeness (QED) is 0.565. The van der Waals surface area contributed by atoms with Gasteiger partial charge >= 0.3 is 5.97 Å². The minimum absolute atomic E-state index is 0.0180. The fourth-order valence-electron chi connectivity index (χ4n) is 1.62. The van der Waals surface area contributed by atoms with Crippen molar-refractivity contribution in [2.24, 2.45) is 0 Å². The van der Waals surface area contributed by atoms with Crippen LogP contribution in [0, 0.1) is 11.3 Å². The molecule has 0 unspecified atom stereocenters. The van der Waals surface area contributed by atoms with Crippen LogP contribution in [0.25, 0.3) is 6.08 Å². The molecule has 0 spiro atoms. The van der Waals surface area contributed by atoms with Gasteiger partial charge in [-0.1, -0.05) is 25.1 Å². The molecular weight excluding hydrogens is 284 g/mol. The van der Waals surface area contributed by atoms with Gasteiger partial charge in [0.25, 0.3) is 5.91 Å². The Kier molecular flexibility index (Phi) is 7.20. The Labute approximate surface area is 129 Å². The third kappa shape index (κ3) is 5.67. The van der Waals surface area contributed by atoms with Crippen molar-refractivity contribution in [2.75, 3.05) is 13.2 Å². The molecule has 0 atom stereocenters. The molecule has 1 aromatic carbocycles. The summed E-state index contributed by atoms with van der Waals surface area (Å²) in [7, 11) is 0. The first-order valence-electron chi connectivity index (χ1n) is 6.92. The van der Waals surface area contributed by atoms with Gasteiger partial charge < -0.3 is 15.2 Å². The van der Waals surface area contributed by atoms with Crippen molar-refractivity contribution in [3.63, 3.8) is 0 Å². The number of carboxylic acids is 1. The number of nitrogens with one attached hydrogen (secondary N) is 1. The van der Waals surface area contributed by atoms with Crippen LogP contribution in [-0.4, -0.2) is 30.1 Å². The van der Waals surface area contributed by atoms with Crippen LogP contribution in [0.15, 0.2) is 29.8 Å². The van der Waals surface area contributed by atoms with Gasteiger partial charge in [0, 0.05) is 12.1 Å². The van der Waals surface area contributed by atoms with Gasteiger partial charge in [-0.05, 0) is 18.6 Å². The number of para-hydroxylation sites is 1. The maximum absolute atomic E-state index is 11.8. The Hall–Kier alpha value is -2.81. The number of nitrogens with zero attached hydrogens (tertiary/aromatic N) is 1. The number of carbonyl (C=O) groups is 2. The zero-order valence-corrected chi connectivity index (χ0v) is 12.3. The second-order valence-electron chi connectivity index (χ2n) is 4.46. The van der Waals surface area contributed by atoms with Crippen LogP contribution < -0.4 is 10.1 Å². The third-order valence-electron chi connectivity index (χ3n) is 2.69. The minimum Gasteiger partial charge on any atom is -0.492 e. The van der Waals surface area contributed by atoms with Crippen molar-refractivity contribution in [1.82, 2.24) is 5.32 Å². The summed E-state index contributed by atoms with van der Waals surface area (Å²) in [6.45, 7) is 2.43. The highest BCUT2D eigenvalue weighted by atomic mass is 16.5. The second-order valence-corrected chi connectivity index (χ2v) is 4.46. The Morgan fingerprint density at radius 2 is 2.14 bits per heavy atom. The van der Waals surface area contributed by atoms with Crippen molar-refractivity contribution < 1.29 is 19.4 Å². The number of carboxylic acid groups (broad SMARTS) is 1. The van der Waals surface area contributed by atoms with Crippen molar-refractivity contribution in [3.05, 3.63) is 35.4 Å². The summed E-state index contributed by atoms with van der Waals surface area (Å²) < 4.78 is 5.39. The van der Waals surface area contributed by atoms with Gasteiger partial charge in [-0.2, -0.15) is 5.26 Å². The van der Waals surface area contributed by atoms with Gasteiger partial charge in [0.15, 0.2) is 0 Å². The van der Waals surface area contributed by atoms with Crippen molar-refractivity contribution >= 4 is 18.0 Å². The number of amides is 1. The summed E-state index contributed by atoms with van der Waals surface area (Å²) in [5, 5.41) is 20.3. The molecule has 6 nitrogen and oxygen atoms in total. The first-order valence-corrected chi connectivity index (χ1v) is 6.92. The van der Waals surface area contributed by atoms with Crippen molar-refractivity contribution in [2.45, 2.75) is 19.8 Å². The molecule has 0 aliphatic carbocycles. The molecule has 0 saturated heterocycles. The zero-order valence-electron chi connectivity index (χ0n) is 12.3. The Bertz CT molecular complexity index is 602. The lowest BCUT2D eigenvalue weighted by Crippen LogP contribution is -2.25. The number of hydrogen-bond donors (Lipinski definition) is 2. The Morgan fingerprint density at radius 1 is 1.41 bits per heavy atom. The molecule has 0 fully saturated rings. The Balaban J connectivity index is 2.90. The molecule has 1 aromatic rings. The molecule has 0 saturated carbocycles. The molecule has 0 heterocycles. The van der Waals surface area contributed by atoms with Gasteiger partial charge in [0.2, 0.25) is 0 Å². The van der Waals surface area contributed by atoms with Crippen LogP contribution in [0.2, 0.25) is 0 Å². The standard InChI is InChI=1S/C16H18N2O4/c1-2-8-18-16(21)13(11-17)10-12-5-3-4-6-14(12)22-9-7-15(19)20/h3-6,10H,2,7-9H2,1H3,(H,18,21)(H,19,20). The smallest absolute Gasteiger partial charge is 0.306 e.